The second kappa shape index (κ2) is 10.00. The minimum absolute atomic E-state index is 0.00906. The zero-order valence-electron chi connectivity index (χ0n) is 17.0. The van der Waals surface area contributed by atoms with Crippen LogP contribution in [-0.2, 0) is 16.0 Å². The lowest BCUT2D eigenvalue weighted by Gasteiger charge is -2.33. The number of alkyl halides is 3. The first-order valence-corrected chi connectivity index (χ1v) is 9.76. The molecule has 1 aliphatic heterocycles. The standard InChI is InChI=1S/C22H23F4NO4/c1-29-19-12-15(2-8-18(19)31-14-22(24,25)26)3-9-21(28)27-10-11-30-20(13-27)16-4-6-17(23)7-5-16/h2,4-8,12,20H,3,9-11,13-14H2,1H3. The Morgan fingerprint density at radius 1 is 1.16 bits per heavy atom. The Bertz CT molecular complexity index is 886. The zero-order valence-corrected chi connectivity index (χ0v) is 17.0. The number of hydrogen-bond donors (Lipinski definition) is 0. The number of morpholine rings is 1. The summed E-state index contributed by atoms with van der Waals surface area (Å²) in [7, 11) is 1.34. The van der Waals surface area contributed by atoms with Gasteiger partial charge in [0.05, 0.1) is 20.3 Å². The van der Waals surface area contributed by atoms with Gasteiger partial charge in [-0.1, -0.05) is 18.2 Å². The summed E-state index contributed by atoms with van der Waals surface area (Å²) in [6, 6.07) is 10.6. The van der Waals surface area contributed by atoms with E-state index in [2.05, 4.69) is 0 Å². The molecule has 1 atom stereocenters. The van der Waals surface area contributed by atoms with E-state index in [0.717, 1.165) is 11.1 Å². The lowest BCUT2D eigenvalue weighted by atomic mass is 10.1. The summed E-state index contributed by atoms with van der Waals surface area (Å²) in [5.74, 6) is -0.230. The second-order valence-corrected chi connectivity index (χ2v) is 7.14. The Hall–Kier alpha value is -2.81. The SMILES string of the molecule is COc1cc(CCC(=O)N2CCOC(c3ccc(F)cc3)C2)ccc1OCC(F)(F)F. The third kappa shape index (κ3) is 6.58. The Balaban J connectivity index is 1.56. The van der Waals surface area contributed by atoms with Gasteiger partial charge in [0.25, 0.3) is 0 Å². The molecule has 2 aromatic rings. The van der Waals surface area contributed by atoms with Crippen molar-refractivity contribution in [2.75, 3.05) is 33.4 Å². The highest BCUT2D eigenvalue weighted by Crippen LogP contribution is 2.30. The van der Waals surface area contributed by atoms with Crippen LogP contribution in [0.2, 0.25) is 0 Å². The van der Waals surface area contributed by atoms with Gasteiger partial charge in [-0.3, -0.25) is 4.79 Å². The Morgan fingerprint density at radius 3 is 2.58 bits per heavy atom. The largest absolute Gasteiger partial charge is 0.493 e. The summed E-state index contributed by atoms with van der Waals surface area (Å²) < 4.78 is 65.8. The van der Waals surface area contributed by atoms with Crippen molar-refractivity contribution in [3.63, 3.8) is 0 Å². The summed E-state index contributed by atoms with van der Waals surface area (Å²) in [6.45, 7) is -0.192. The van der Waals surface area contributed by atoms with Gasteiger partial charge in [0, 0.05) is 13.0 Å². The van der Waals surface area contributed by atoms with Crippen molar-refractivity contribution in [3.05, 3.63) is 59.4 Å². The van der Waals surface area contributed by atoms with Gasteiger partial charge >= 0.3 is 6.18 Å². The van der Waals surface area contributed by atoms with Gasteiger partial charge in [0.2, 0.25) is 5.91 Å². The van der Waals surface area contributed by atoms with Gasteiger partial charge in [0.1, 0.15) is 11.9 Å². The number of rotatable bonds is 7. The molecule has 1 aliphatic rings. The summed E-state index contributed by atoms with van der Waals surface area (Å²) in [5, 5.41) is 0. The first-order chi connectivity index (χ1) is 14.7. The number of aryl methyl sites for hydroxylation is 1. The van der Waals surface area contributed by atoms with Gasteiger partial charge in [-0.15, -0.1) is 0 Å². The average molecular weight is 441 g/mol. The van der Waals surface area contributed by atoms with E-state index >= 15 is 0 Å². The zero-order chi connectivity index (χ0) is 22.4. The second-order valence-electron chi connectivity index (χ2n) is 7.14. The molecule has 0 aliphatic carbocycles. The Labute approximate surface area is 177 Å². The van der Waals surface area contributed by atoms with E-state index in [1.807, 2.05) is 0 Å². The number of carbonyl (C=O) groups excluding carboxylic acids is 1. The van der Waals surface area contributed by atoms with Crippen LogP contribution in [0.4, 0.5) is 17.6 Å². The molecule has 31 heavy (non-hydrogen) atoms. The molecule has 1 amide bonds. The number of carbonyl (C=O) groups is 1. The monoisotopic (exact) mass is 441 g/mol. The van der Waals surface area contributed by atoms with E-state index < -0.39 is 12.8 Å². The maximum atomic E-state index is 13.1. The highest BCUT2D eigenvalue weighted by molar-refractivity contribution is 5.76. The molecule has 1 unspecified atom stereocenters. The van der Waals surface area contributed by atoms with Crippen molar-refractivity contribution in [1.82, 2.24) is 4.90 Å². The van der Waals surface area contributed by atoms with Gasteiger partial charge in [-0.2, -0.15) is 13.2 Å². The number of nitrogens with zero attached hydrogens (tertiary/aromatic N) is 1. The van der Waals surface area contributed by atoms with Crippen LogP contribution in [0.15, 0.2) is 42.5 Å². The van der Waals surface area contributed by atoms with Crippen molar-refractivity contribution < 1.29 is 36.6 Å². The van der Waals surface area contributed by atoms with Crippen LogP contribution in [0, 0.1) is 5.82 Å². The van der Waals surface area contributed by atoms with Gasteiger partial charge in [-0.05, 0) is 41.8 Å². The number of hydrogen-bond acceptors (Lipinski definition) is 4. The summed E-state index contributed by atoms with van der Waals surface area (Å²) in [4.78, 5) is 14.4. The molecule has 9 heteroatoms. The van der Waals surface area contributed by atoms with Crippen molar-refractivity contribution in [2.24, 2.45) is 0 Å². The van der Waals surface area contributed by atoms with Crippen LogP contribution < -0.4 is 9.47 Å². The van der Waals surface area contributed by atoms with E-state index in [4.69, 9.17) is 14.2 Å². The predicted octanol–water partition coefficient (Wildman–Crippen LogP) is 4.31. The minimum Gasteiger partial charge on any atom is -0.493 e. The van der Waals surface area contributed by atoms with Gasteiger partial charge < -0.3 is 19.1 Å². The van der Waals surface area contributed by atoms with Crippen LogP contribution in [0.1, 0.15) is 23.7 Å². The molecular weight excluding hydrogens is 418 g/mol. The predicted molar refractivity (Wildman–Crippen MR) is 105 cm³/mol. The van der Waals surface area contributed by atoms with Crippen LogP contribution in [0.25, 0.3) is 0 Å². The normalized spacial score (nSPS) is 16.8. The third-order valence-electron chi connectivity index (χ3n) is 4.91. The summed E-state index contributed by atoms with van der Waals surface area (Å²) >= 11 is 0. The first-order valence-electron chi connectivity index (χ1n) is 9.76. The molecule has 0 spiro atoms. The molecule has 1 fully saturated rings. The Kier molecular flexibility index (Phi) is 7.37. The Morgan fingerprint density at radius 2 is 1.90 bits per heavy atom. The van der Waals surface area contributed by atoms with Crippen molar-refractivity contribution in [3.8, 4) is 11.5 Å². The molecule has 0 saturated carbocycles. The lowest BCUT2D eigenvalue weighted by Crippen LogP contribution is -2.42. The number of halogens is 4. The fraction of sp³-hybridized carbons (Fsp3) is 0.409. The molecule has 5 nitrogen and oxygen atoms in total. The van der Waals surface area contributed by atoms with Crippen LogP contribution in [0.5, 0.6) is 11.5 Å². The smallest absolute Gasteiger partial charge is 0.422 e. The van der Waals surface area contributed by atoms with Crippen LogP contribution in [-0.4, -0.2) is 50.4 Å². The third-order valence-corrected chi connectivity index (χ3v) is 4.91. The molecule has 0 N–H and O–H groups in total. The number of benzene rings is 2. The minimum atomic E-state index is -4.44. The summed E-state index contributed by atoms with van der Waals surface area (Å²) in [6.07, 6.45) is -4.14. The molecule has 0 bridgehead atoms. The van der Waals surface area contributed by atoms with Gasteiger partial charge in [0.15, 0.2) is 18.1 Å². The van der Waals surface area contributed by atoms with Crippen LogP contribution in [0.3, 0.4) is 0 Å². The van der Waals surface area contributed by atoms with Crippen molar-refractivity contribution in [2.45, 2.75) is 25.1 Å². The van der Waals surface area contributed by atoms with E-state index in [0.29, 0.717) is 26.1 Å². The van der Waals surface area contributed by atoms with E-state index in [-0.39, 0.29) is 35.7 Å². The van der Waals surface area contributed by atoms with Gasteiger partial charge in [-0.25, -0.2) is 4.39 Å². The lowest BCUT2D eigenvalue weighted by molar-refractivity contribution is -0.153. The number of amides is 1. The molecule has 168 valence electrons. The van der Waals surface area contributed by atoms with Crippen LogP contribution >= 0.6 is 0 Å². The first kappa shape index (κ1) is 22.9. The molecule has 0 aromatic heterocycles. The van der Waals surface area contributed by atoms with Crippen molar-refractivity contribution in [1.29, 1.82) is 0 Å². The quantitative estimate of drug-likeness (QED) is 0.601. The molecule has 1 saturated heterocycles. The average Bonchev–Trinajstić information content (AvgIpc) is 2.76. The highest BCUT2D eigenvalue weighted by Gasteiger charge is 2.29. The number of methoxy groups -OCH3 is 1. The molecule has 0 radical (unpaired) electrons. The summed E-state index contributed by atoms with van der Waals surface area (Å²) in [5.41, 5.74) is 1.55. The molecule has 1 heterocycles. The maximum Gasteiger partial charge on any atom is 0.422 e. The maximum absolute atomic E-state index is 13.1. The molecule has 2 aromatic carbocycles. The van der Waals surface area contributed by atoms with E-state index in [9.17, 15) is 22.4 Å². The fourth-order valence-corrected chi connectivity index (χ4v) is 3.31. The number of ether oxygens (including phenoxy) is 3. The van der Waals surface area contributed by atoms with Crippen molar-refractivity contribution >= 4 is 5.91 Å². The van der Waals surface area contributed by atoms with E-state index in [1.165, 1.54) is 25.3 Å². The fourth-order valence-electron chi connectivity index (χ4n) is 3.31. The van der Waals surface area contributed by atoms with E-state index in [1.54, 1.807) is 29.2 Å². The topological polar surface area (TPSA) is 48.0 Å². The molecular formula is C22H23F4NO4. The molecule has 3 rings (SSSR count). The highest BCUT2D eigenvalue weighted by atomic mass is 19.4.